The molecule has 0 radical (unpaired) electrons. The predicted octanol–water partition coefficient (Wildman–Crippen LogP) is 3.49. The van der Waals surface area contributed by atoms with Gasteiger partial charge in [0.1, 0.15) is 0 Å². The number of para-hydroxylation sites is 2. The van der Waals surface area contributed by atoms with E-state index in [-0.39, 0.29) is 22.7 Å². The second-order valence-electron chi connectivity index (χ2n) is 7.29. The van der Waals surface area contributed by atoms with Crippen molar-refractivity contribution in [2.24, 2.45) is 0 Å². The molecule has 0 spiro atoms. The van der Waals surface area contributed by atoms with Crippen LogP contribution in [-0.4, -0.2) is 50.6 Å². The highest BCUT2D eigenvalue weighted by Gasteiger charge is 2.32. The summed E-state index contributed by atoms with van der Waals surface area (Å²) < 4.78 is 44.0. The Morgan fingerprint density at radius 3 is 2.23 bits per heavy atom. The second kappa shape index (κ2) is 9.59. The van der Waals surface area contributed by atoms with Gasteiger partial charge in [-0.1, -0.05) is 19.1 Å². The maximum Gasteiger partial charge on any atom is 0.343 e. The lowest BCUT2D eigenvalue weighted by Crippen LogP contribution is -2.48. The van der Waals surface area contributed by atoms with Crippen molar-refractivity contribution in [2.45, 2.75) is 44.3 Å². The van der Waals surface area contributed by atoms with Gasteiger partial charge in [0, 0.05) is 13.1 Å². The maximum absolute atomic E-state index is 12.9. The SMILES string of the molecule is CCCOc1ccccc1OC(=O)c1ccc(S(=O)(=O)N2CC(C)OC(C)C2)cc1. The van der Waals surface area contributed by atoms with Gasteiger partial charge in [0.15, 0.2) is 11.5 Å². The minimum atomic E-state index is -3.66. The third-order valence-corrected chi connectivity index (χ3v) is 6.47. The van der Waals surface area contributed by atoms with E-state index in [1.54, 1.807) is 24.3 Å². The summed E-state index contributed by atoms with van der Waals surface area (Å²) in [6, 6.07) is 12.7. The Kier molecular flexibility index (Phi) is 7.12. The molecular formula is C22H27NO6S. The molecule has 2 aromatic carbocycles. The summed E-state index contributed by atoms with van der Waals surface area (Å²) in [5.74, 6) is 0.228. The number of benzene rings is 2. The van der Waals surface area contributed by atoms with Crippen LogP contribution in [0.2, 0.25) is 0 Å². The molecule has 162 valence electrons. The van der Waals surface area contributed by atoms with Crippen LogP contribution in [0.4, 0.5) is 0 Å². The minimum absolute atomic E-state index is 0.132. The Morgan fingerprint density at radius 2 is 1.63 bits per heavy atom. The molecule has 30 heavy (non-hydrogen) atoms. The average molecular weight is 434 g/mol. The van der Waals surface area contributed by atoms with E-state index in [4.69, 9.17) is 14.2 Å². The third-order valence-electron chi connectivity index (χ3n) is 4.63. The highest BCUT2D eigenvalue weighted by Crippen LogP contribution is 2.28. The highest BCUT2D eigenvalue weighted by molar-refractivity contribution is 7.89. The van der Waals surface area contributed by atoms with Crippen molar-refractivity contribution in [1.29, 1.82) is 0 Å². The number of carbonyl (C=O) groups excluding carboxylic acids is 1. The second-order valence-corrected chi connectivity index (χ2v) is 9.23. The molecule has 2 atom stereocenters. The van der Waals surface area contributed by atoms with E-state index in [1.807, 2.05) is 20.8 Å². The minimum Gasteiger partial charge on any atom is -0.490 e. The molecule has 0 amide bonds. The normalized spacial score (nSPS) is 20.0. The first kappa shape index (κ1) is 22.3. The number of sulfonamides is 1. The maximum atomic E-state index is 12.9. The van der Waals surface area contributed by atoms with Crippen LogP contribution in [-0.2, 0) is 14.8 Å². The molecule has 3 rings (SSSR count). The lowest BCUT2D eigenvalue weighted by Gasteiger charge is -2.34. The molecule has 0 aromatic heterocycles. The quantitative estimate of drug-likeness (QED) is 0.491. The fourth-order valence-electron chi connectivity index (χ4n) is 3.26. The first-order valence-corrected chi connectivity index (χ1v) is 11.4. The molecule has 8 heteroatoms. The van der Waals surface area contributed by atoms with Crippen LogP contribution in [0.15, 0.2) is 53.4 Å². The third kappa shape index (κ3) is 5.19. The van der Waals surface area contributed by atoms with Crippen molar-refractivity contribution in [3.63, 3.8) is 0 Å². The largest absolute Gasteiger partial charge is 0.490 e. The summed E-state index contributed by atoms with van der Waals surface area (Å²) in [5, 5.41) is 0. The Hall–Kier alpha value is -2.42. The summed E-state index contributed by atoms with van der Waals surface area (Å²) in [4.78, 5) is 12.7. The number of ether oxygens (including phenoxy) is 3. The molecular weight excluding hydrogens is 406 g/mol. The van der Waals surface area contributed by atoms with Crippen molar-refractivity contribution in [2.75, 3.05) is 19.7 Å². The Labute approximate surface area is 177 Å². The molecule has 7 nitrogen and oxygen atoms in total. The van der Waals surface area contributed by atoms with E-state index in [0.29, 0.717) is 31.2 Å². The molecule has 2 aromatic rings. The number of morpholine rings is 1. The Bertz CT molecular complexity index is 963. The van der Waals surface area contributed by atoms with E-state index in [2.05, 4.69) is 0 Å². The Balaban J connectivity index is 1.73. The zero-order chi connectivity index (χ0) is 21.7. The molecule has 0 N–H and O–H groups in total. The summed E-state index contributed by atoms with van der Waals surface area (Å²) in [7, 11) is -3.66. The van der Waals surface area contributed by atoms with Crippen molar-refractivity contribution in [1.82, 2.24) is 4.31 Å². The van der Waals surface area contributed by atoms with E-state index in [0.717, 1.165) is 6.42 Å². The fourth-order valence-corrected chi connectivity index (χ4v) is 4.85. The monoisotopic (exact) mass is 433 g/mol. The number of nitrogens with zero attached hydrogens (tertiary/aromatic N) is 1. The topological polar surface area (TPSA) is 82.1 Å². The van der Waals surface area contributed by atoms with E-state index >= 15 is 0 Å². The fraction of sp³-hybridized carbons (Fsp3) is 0.409. The van der Waals surface area contributed by atoms with Gasteiger partial charge in [0.2, 0.25) is 10.0 Å². The van der Waals surface area contributed by atoms with Gasteiger partial charge in [-0.15, -0.1) is 0 Å². The average Bonchev–Trinajstić information content (AvgIpc) is 2.72. The van der Waals surface area contributed by atoms with Crippen molar-refractivity contribution >= 4 is 16.0 Å². The van der Waals surface area contributed by atoms with Gasteiger partial charge in [-0.25, -0.2) is 13.2 Å². The first-order valence-electron chi connectivity index (χ1n) is 10.0. The molecule has 0 saturated carbocycles. The van der Waals surface area contributed by atoms with Crippen molar-refractivity contribution in [3.05, 3.63) is 54.1 Å². The van der Waals surface area contributed by atoms with Gasteiger partial charge >= 0.3 is 5.97 Å². The van der Waals surface area contributed by atoms with Gasteiger partial charge in [-0.05, 0) is 56.7 Å². The lowest BCUT2D eigenvalue weighted by atomic mass is 10.2. The highest BCUT2D eigenvalue weighted by atomic mass is 32.2. The molecule has 1 saturated heterocycles. The van der Waals surface area contributed by atoms with Crippen molar-refractivity contribution < 1.29 is 27.4 Å². The van der Waals surface area contributed by atoms with Crippen LogP contribution >= 0.6 is 0 Å². The zero-order valence-corrected chi connectivity index (χ0v) is 18.2. The van der Waals surface area contributed by atoms with Gasteiger partial charge < -0.3 is 14.2 Å². The van der Waals surface area contributed by atoms with Gasteiger partial charge in [0.25, 0.3) is 0 Å². The predicted molar refractivity (Wildman–Crippen MR) is 112 cm³/mol. The standard InChI is InChI=1S/C22H27NO6S/c1-4-13-27-20-7-5-6-8-21(20)29-22(24)18-9-11-19(12-10-18)30(25,26)23-14-16(2)28-17(3)15-23/h5-12,16-17H,4,13-15H2,1-3H3. The molecule has 1 heterocycles. The van der Waals surface area contributed by atoms with Gasteiger partial charge in [0.05, 0.1) is 29.3 Å². The summed E-state index contributed by atoms with van der Waals surface area (Å²) >= 11 is 0. The summed E-state index contributed by atoms with van der Waals surface area (Å²) in [5.41, 5.74) is 0.253. The first-order chi connectivity index (χ1) is 14.3. The molecule has 1 aliphatic heterocycles. The molecule has 0 bridgehead atoms. The smallest absolute Gasteiger partial charge is 0.343 e. The number of hydrogen-bond donors (Lipinski definition) is 0. The van der Waals surface area contributed by atoms with Crippen LogP contribution in [0.1, 0.15) is 37.6 Å². The van der Waals surface area contributed by atoms with Crippen LogP contribution < -0.4 is 9.47 Å². The Morgan fingerprint density at radius 1 is 1.03 bits per heavy atom. The number of hydrogen-bond acceptors (Lipinski definition) is 6. The number of rotatable bonds is 7. The van der Waals surface area contributed by atoms with Crippen LogP contribution in [0.25, 0.3) is 0 Å². The summed E-state index contributed by atoms with van der Waals surface area (Å²) in [6.45, 7) is 6.79. The lowest BCUT2D eigenvalue weighted by molar-refractivity contribution is -0.0440. The van der Waals surface area contributed by atoms with E-state index in [9.17, 15) is 13.2 Å². The molecule has 0 aliphatic carbocycles. The molecule has 1 aliphatic rings. The van der Waals surface area contributed by atoms with Crippen LogP contribution in [0, 0.1) is 0 Å². The van der Waals surface area contributed by atoms with Gasteiger partial charge in [-0.2, -0.15) is 4.31 Å². The van der Waals surface area contributed by atoms with E-state index in [1.165, 1.54) is 28.6 Å². The summed E-state index contributed by atoms with van der Waals surface area (Å²) in [6.07, 6.45) is 0.486. The van der Waals surface area contributed by atoms with Crippen LogP contribution in [0.3, 0.4) is 0 Å². The van der Waals surface area contributed by atoms with Crippen LogP contribution in [0.5, 0.6) is 11.5 Å². The number of esters is 1. The van der Waals surface area contributed by atoms with Gasteiger partial charge in [-0.3, -0.25) is 0 Å². The zero-order valence-electron chi connectivity index (χ0n) is 17.4. The molecule has 2 unspecified atom stereocenters. The van der Waals surface area contributed by atoms with Crippen molar-refractivity contribution in [3.8, 4) is 11.5 Å². The van der Waals surface area contributed by atoms with E-state index < -0.39 is 16.0 Å². The molecule has 1 fully saturated rings. The number of carbonyl (C=O) groups is 1.